The van der Waals surface area contributed by atoms with Crippen molar-refractivity contribution in [1.29, 1.82) is 0 Å². The Morgan fingerprint density at radius 1 is 1.42 bits per heavy atom. The summed E-state index contributed by atoms with van der Waals surface area (Å²) in [5.41, 5.74) is 2.49. The van der Waals surface area contributed by atoms with E-state index in [4.69, 9.17) is 11.6 Å². The van der Waals surface area contributed by atoms with Crippen molar-refractivity contribution >= 4 is 11.6 Å². The molecule has 1 rings (SSSR count). The van der Waals surface area contributed by atoms with Gasteiger partial charge in [-0.25, -0.2) is 4.98 Å². The maximum atomic E-state index is 5.68. The Bertz CT molecular complexity index is 233. The minimum absolute atomic E-state index is 0.586. The van der Waals surface area contributed by atoms with Crippen LogP contribution in [-0.2, 0) is 6.42 Å². The lowest BCUT2D eigenvalue weighted by Crippen LogP contribution is -1.87. The molecular weight excluding hydrogens is 170 g/mol. The quantitative estimate of drug-likeness (QED) is 0.609. The minimum Gasteiger partial charge on any atom is -0.244 e. The van der Waals surface area contributed by atoms with E-state index in [-0.39, 0.29) is 0 Å². The third kappa shape index (κ3) is 3.22. The zero-order valence-electron chi connectivity index (χ0n) is 8.19. The van der Waals surface area contributed by atoms with E-state index in [9.17, 15) is 0 Å². The average Bonchev–Trinajstić information content (AvgIpc) is 2.13. The lowest BCUT2D eigenvalue weighted by Gasteiger charge is -2.00. The summed E-state index contributed by atoms with van der Waals surface area (Å²) >= 11 is 5.68. The van der Waals surface area contributed by atoms with Crippen molar-refractivity contribution in [2.24, 2.45) is 0 Å². The second-order valence-corrected chi connectivity index (χ2v) is 2.67. The molecule has 0 aromatic carbocycles. The van der Waals surface area contributed by atoms with Crippen LogP contribution in [0.25, 0.3) is 0 Å². The van der Waals surface area contributed by atoms with Gasteiger partial charge >= 0.3 is 0 Å². The molecule has 1 nitrogen and oxygen atoms in total. The molecule has 0 bridgehead atoms. The Balaban J connectivity index is 0.000000561. The van der Waals surface area contributed by atoms with Crippen LogP contribution in [0.5, 0.6) is 0 Å². The molecule has 1 aromatic rings. The standard InChI is InChI=1S/C8H10ClN.C2H6/c1-3-7-4-8(9)10-5-6(7)2;1-2/h4-5H,3H2,1-2H3;1-2H3. The topological polar surface area (TPSA) is 12.9 Å². The van der Waals surface area contributed by atoms with Gasteiger partial charge in [0, 0.05) is 6.20 Å². The number of rotatable bonds is 1. The summed E-state index contributed by atoms with van der Waals surface area (Å²) in [6.45, 7) is 8.15. The molecule has 0 atom stereocenters. The molecule has 0 saturated heterocycles. The Labute approximate surface area is 79.8 Å². The van der Waals surface area contributed by atoms with Crippen molar-refractivity contribution in [3.8, 4) is 0 Å². The van der Waals surface area contributed by atoms with Gasteiger partial charge in [0.1, 0.15) is 5.15 Å². The Morgan fingerprint density at radius 3 is 2.42 bits per heavy atom. The van der Waals surface area contributed by atoms with Crippen LogP contribution >= 0.6 is 11.6 Å². The molecule has 0 aliphatic rings. The molecule has 0 amide bonds. The third-order valence-corrected chi connectivity index (χ3v) is 1.77. The fourth-order valence-corrected chi connectivity index (χ4v) is 1.10. The van der Waals surface area contributed by atoms with Crippen LogP contribution in [0.2, 0.25) is 5.15 Å². The van der Waals surface area contributed by atoms with Crippen LogP contribution in [0.4, 0.5) is 0 Å². The summed E-state index contributed by atoms with van der Waals surface area (Å²) < 4.78 is 0. The van der Waals surface area contributed by atoms with Crippen LogP contribution < -0.4 is 0 Å². The molecule has 68 valence electrons. The van der Waals surface area contributed by atoms with Gasteiger partial charge in [0.25, 0.3) is 0 Å². The molecule has 0 saturated carbocycles. The first-order valence-electron chi connectivity index (χ1n) is 4.35. The number of aromatic nitrogens is 1. The highest BCUT2D eigenvalue weighted by molar-refractivity contribution is 6.29. The summed E-state index contributed by atoms with van der Waals surface area (Å²) in [5.74, 6) is 0. The highest BCUT2D eigenvalue weighted by atomic mass is 35.5. The highest BCUT2D eigenvalue weighted by Gasteiger charge is 1.95. The Hall–Kier alpha value is -0.560. The zero-order chi connectivity index (χ0) is 9.56. The predicted molar refractivity (Wildman–Crippen MR) is 54.7 cm³/mol. The monoisotopic (exact) mass is 185 g/mol. The van der Waals surface area contributed by atoms with Crippen molar-refractivity contribution in [3.63, 3.8) is 0 Å². The van der Waals surface area contributed by atoms with Crippen LogP contribution in [0, 0.1) is 6.92 Å². The lowest BCUT2D eigenvalue weighted by molar-refractivity contribution is 1.08. The molecule has 1 aromatic heterocycles. The number of hydrogen-bond acceptors (Lipinski definition) is 1. The van der Waals surface area contributed by atoms with Crippen molar-refractivity contribution in [2.75, 3.05) is 0 Å². The molecule has 0 radical (unpaired) electrons. The van der Waals surface area contributed by atoms with Crippen molar-refractivity contribution in [2.45, 2.75) is 34.1 Å². The molecule has 0 aliphatic heterocycles. The number of nitrogens with zero attached hydrogens (tertiary/aromatic N) is 1. The van der Waals surface area contributed by atoms with Crippen molar-refractivity contribution < 1.29 is 0 Å². The molecule has 2 heteroatoms. The van der Waals surface area contributed by atoms with Gasteiger partial charge in [-0.15, -0.1) is 0 Å². The van der Waals surface area contributed by atoms with E-state index in [1.54, 1.807) is 6.20 Å². The second kappa shape index (κ2) is 6.01. The number of aryl methyl sites for hydroxylation is 2. The third-order valence-electron chi connectivity index (χ3n) is 1.56. The van der Waals surface area contributed by atoms with Gasteiger partial charge in [-0.3, -0.25) is 0 Å². The molecule has 1 heterocycles. The molecule has 0 spiro atoms. The maximum Gasteiger partial charge on any atom is 0.129 e. The summed E-state index contributed by atoms with van der Waals surface area (Å²) in [5, 5.41) is 0.586. The molecule has 0 fully saturated rings. The van der Waals surface area contributed by atoms with Gasteiger partial charge in [-0.2, -0.15) is 0 Å². The van der Waals surface area contributed by atoms with E-state index in [0.717, 1.165) is 6.42 Å². The van der Waals surface area contributed by atoms with Crippen LogP contribution in [-0.4, -0.2) is 4.98 Å². The molecule has 12 heavy (non-hydrogen) atoms. The average molecular weight is 186 g/mol. The Kier molecular flexibility index (Phi) is 5.73. The van der Waals surface area contributed by atoms with E-state index in [0.29, 0.717) is 5.15 Å². The van der Waals surface area contributed by atoms with Gasteiger partial charge in [0.05, 0.1) is 0 Å². The summed E-state index contributed by atoms with van der Waals surface area (Å²) in [6.07, 6.45) is 2.83. The first-order valence-corrected chi connectivity index (χ1v) is 4.73. The summed E-state index contributed by atoms with van der Waals surface area (Å²) in [7, 11) is 0. The Morgan fingerprint density at radius 2 is 2.00 bits per heavy atom. The SMILES string of the molecule is CC.CCc1cc(Cl)ncc1C. The van der Waals surface area contributed by atoms with Crippen LogP contribution in [0.15, 0.2) is 12.3 Å². The van der Waals surface area contributed by atoms with E-state index < -0.39 is 0 Å². The first-order chi connectivity index (χ1) is 5.74. The van der Waals surface area contributed by atoms with Gasteiger partial charge in [0.15, 0.2) is 0 Å². The number of hydrogen-bond donors (Lipinski definition) is 0. The molecule has 0 N–H and O–H groups in total. The van der Waals surface area contributed by atoms with Crippen LogP contribution in [0.3, 0.4) is 0 Å². The normalized spacial score (nSPS) is 8.75. The highest BCUT2D eigenvalue weighted by Crippen LogP contribution is 2.11. The van der Waals surface area contributed by atoms with Gasteiger partial charge in [0.2, 0.25) is 0 Å². The smallest absolute Gasteiger partial charge is 0.129 e. The largest absolute Gasteiger partial charge is 0.244 e. The van der Waals surface area contributed by atoms with E-state index >= 15 is 0 Å². The molecular formula is C10H16ClN. The van der Waals surface area contributed by atoms with Gasteiger partial charge in [-0.1, -0.05) is 32.4 Å². The number of pyridine rings is 1. The first kappa shape index (κ1) is 11.4. The van der Waals surface area contributed by atoms with Gasteiger partial charge in [-0.05, 0) is 30.5 Å². The van der Waals surface area contributed by atoms with Gasteiger partial charge < -0.3 is 0 Å². The molecule has 0 aliphatic carbocycles. The second-order valence-electron chi connectivity index (χ2n) is 2.29. The van der Waals surface area contributed by atoms with Crippen LogP contribution in [0.1, 0.15) is 31.9 Å². The van der Waals surface area contributed by atoms with Crippen molar-refractivity contribution in [3.05, 3.63) is 28.5 Å². The summed E-state index contributed by atoms with van der Waals surface area (Å²) in [4.78, 5) is 3.95. The van der Waals surface area contributed by atoms with E-state index in [1.165, 1.54) is 11.1 Å². The summed E-state index contributed by atoms with van der Waals surface area (Å²) in [6, 6.07) is 1.91. The minimum atomic E-state index is 0.586. The number of halogens is 1. The lowest BCUT2D eigenvalue weighted by atomic mass is 10.1. The fraction of sp³-hybridized carbons (Fsp3) is 0.500. The van der Waals surface area contributed by atoms with E-state index in [1.807, 2.05) is 26.8 Å². The van der Waals surface area contributed by atoms with E-state index in [2.05, 4.69) is 11.9 Å². The molecule has 0 unspecified atom stereocenters. The maximum absolute atomic E-state index is 5.68. The predicted octanol–water partition coefficient (Wildman–Crippen LogP) is 3.63. The van der Waals surface area contributed by atoms with Crippen molar-refractivity contribution in [1.82, 2.24) is 4.98 Å². The fourth-order valence-electron chi connectivity index (χ4n) is 0.917. The zero-order valence-corrected chi connectivity index (χ0v) is 8.94.